The summed E-state index contributed by atoms with van der Waals surface area (Å²) in [6.07, 6.45) is 0. The molecule has 1 aromatic carbocycles. The second kappa shape index (κ2) is 6.50. The van der Waals surface area contributed by atoms with Gasteiger partial charge in [-0.3, -0.25) is 9.80 Å². The number of carbonyl (C=O) groups is 1. The van der Waals surface area contributed by atoms with E-state index in [-0.39, 0.29) is 5.57 Å². The average Bonchev–Trinajstić information content (AvgIpc) is 2.42. The van der Waals surface area contributed by atoms with Crippen LogP contribution in [0.2, 0.25) is 0 Å². The van der Waals surface area contributed by atoms with Gasteiger partial charge in [-0.1, -0.05) is 36.9 Å². The van der Waals surface area contributed by atoms with Gasteiger partial charge in [0.05, 0.1) is 0 Å². The zero-order valence-corrected chi connectivity index (χ0v) is 11.1. The summed E-state index contributed by atoms with van der Waals surface area (Å²) in [5.41, 5.74) is 1.60. The third-order valence-corrected chi connectivity index (χ3v) is 3.43. The Morgan fingerprint density at radius 3 is 2.26 bits per heavy atom. The fourth-order valence-electron chi connectivity index (χ4n) is 2.28. The highest BCUT2D eigenvalue weighted by Gasteiger charge is 2.18. The zero-order valence-electron chi connectivity index (χ0n) is 11.1. The van der Waals surface area contributed by atoms with Crippen molar-refractivity contribution in [1.82, 2.24) is 9.80 Å². The monoisotopic (exact) mass is 260 g/mol. The van der Waals surface area contributed by atoms with Gasteiger partial charge < -0.3 is 5.11 Å². The Hall–Kier alpha value is -1.65. The standard InChI is InChI=1S/C15H20N2O2/c1-13(15(18)19)11-16-7-9-17(10-8-16)12-14-5-3-2-4-6-14/h2-6H,1,7-12H2,(H,18,19). The molecule has 0 radical (unpaired) electrons. The smallest absolute Gasteiger partial charge is 0.332 e. The third-order valence-electron chi connectivity index (χ3n) is 3.43. The first-order valence-electron chi connectivity index (χ1n) is 6.55. The lowest BCUT2D eigenvalue weighted by molar-refractivity contribution is -0.132. The van der Waals surface area contributed by atoms with Crippen LogP contribution in [0.25, 0.3) is 0 Å². The van der Waals surface area contributed by atoms with Gasteiger partial charge in [0.2, 0.25) is 0 Å². The first-order valence-corrected chi connectivity index (χ1v) is 6.55. The molecule has 1 saturated heterocycles. The summed E-state index contributed by atoms with van der Waals surface area (Å²) in [7, 11) is 0. The van der Waals surface area contributed by atoms with E-state index in [1.54, 1.807) is 0 Å². The molecule has 1 aromatic rings. The van der Waals surface area contributed by atoms with E-state index in [1.165, 1.54) is 5.56 Å². The Bertz CT molecular complexity index is 437. The molecule has 0 bridgehead atoms. The second-order valence-corrected chi connectivity index (χ2v) is 4.95. The van der Waals surface area contributed by atoms with Gasteiger partial charge in [0, 0.05) is 44.8 Å². The van der Waals surface area contributed by atoms with Crippen molar-refractivity contribution in [1.29, 1.82) is 0 Å². The first kappa shape index (κ1) is 13.8. The van der Waals surface area contributed by atoms with Crippen molar-refractivity contribution in [2.45, 2.75) is 6.54 Å². The van der Waals surface area contributed by atoms with Crippen molar-refractivity contribution in [2.75, 3.05) is 32.7 Å². The zero-order chi connectivity index (χ0) is 13.7. The van der Waals surface area contributed by atoms with Gasteiger partial charge in [-0.05, 0) is 5.56 Å². The number of hydrogen-bond acceptors (Lipinski definition) is 3. The summed E-state index contributed by atoms with van der Waals surface area (Å²) >= 11 is 0. The molecule has 0 aromatic heterocycles. The number of piperazine rings is 1. The molecule has 1 fully saturated rings. The molecule has 0 spiro atoms. The van der Waals surface area contributed by atoms with E-state index in [0.717, 1.165) is 32.7 Å². The maximum atomic E-state index is 10.7. The van der Waals surface area contributed by atoms with Crippen LogP contribution in [0, 0.1) is 0 Å². The first-order chi connectivity index (χ1) is 9.15. The molecule has 1 heterocycles. The number of hydrogen-bond donors (Lipinski definition) is 1. The van der Waals surface area contributed by atoms with E-state index in [0.29, 0.717) is 6.54 Å². The molecule has 4 heteroatoms. The lowest BCUT2D eigenvalue weighted by Crippen LogP contribution is -2.46. The van der Waals surface area contributed by atoms with Gasteiger partial charge in [-0.15, -0.1) is 0 Å². The number of benzene rings is 1. The van der Waals surface area contributed by atoms with Gasteiger partial charge >= 0.3 is 5.97 Å². The quantitative estimate of drug-likeness (QED) is 0.814. The molecule has 1 N–H and O–H groups in total. The predicted molar refractivity (Wildman–Crippen MR) is 74.9 cm³/mol. The SMILES string of the molecule is C=C(CN1CCN(Cc2ccccc2)CC1)C(=O)O. The molecular weight excluding hydrogens is 240 g/mol. The van der Waals surface area contributed by atoms with Crippen LogP contribution < -0.4 is 0 Å². The van der Waals surface area contributed by atoms with Crippen LogP contribution in [-0.2, 0) is 11.3 Å². The van der Waals surface area contributed by atoms with Crippen LogP contribution in [0.5, 0.6) is 0 Å². The average molecular weight is 260 g/mol. The molecule has 1 aliphatic rings. The summed E-state index contributed by atoms with van der Waals surface area (Å²) < 4.78 is 0. The minimum atomic E-state index is -0.897. The maximum Gasteiger partial charge on any atom is 0.332 e. The van der Waals surface area contributed by atoms with E-state index >= 15 is 0 Å². The summed E-state index contributed by atoms with van der Waals surface area (Å²) in [6.45, 7) is 8.77. The second-order valence-electron chi connectivity index (χ2n) is 4.95. The van der Waals surface area contributed by atoms with Crippen LogP contribution in [-0.4, -0.2) is 53.6 Å². The molecule has 0 aliphatic carbocycles. The number of aliphatic carboxylic acids is 1. The minimum Gasteiger partial charge on any atom is -0.478 e. The van der Waals surface area contributed by atoms with Crippen molar-refractivity contribution >= 4 is 5.97 Å². The van der Waals surface area contributed by atoms with Crippen LogP contribution in [0.4, 0.5) is 0 Å². The van der Waals surface area contributed by atoms with Gasteiger partial charge in [0.1, 0.15) is 0 Å². The molecule has 19 heavy (non-hydrogen) atoms. The van der Waals surface area contributed by atoms with E-state index < -0.39 is 5.97 Å². The van der Waals surface area contributed by atoms with E-state index in [1.807, 2.05) is 6.07 Å². The van der Waals surface area contributed by atoms with Crippen molar-refractivity contribution in [3.05, 3.63) is 48.0 Å². The van der Waals surface area contributed by atoms with Crippen LogP contribution in [0.15, 0.2) is 42.5 Å². The van der Waals surface area contributed by atoms with E-state index in [2.05, 4.69) is 40.6 Å². The Balaban J connectivity index is 1.76. The fourth-order valence-corrected chi connectivity index (χ4v) is 2.28. The van der Waals surface area contributed by atoms with E-state index in [4.69, 9.17) is 5.11 Å². The number of carboxylic acids is 1. The molecule has 0 saturated carbocycles. The minimum absolute atomic E-state index is 0.275. The molecule has 0 amide bonds. The molecule has 0 unspecified atom stereocenters. The molecule has 4 nitrogen and oxygen atoms in total. The number of nitrogens with zero attached hydrogens (tertiary/aromatic N) is 2. The summed E-state index contributed by atoms with van der Waals surface area (Å²) in [5.74, 6) is -0.897. The van der Waals surface area contributed by atoms with Crippen molar-refractivity contribution in [3.63, 3.8) is 0 Å². The predicted octanol–water partition coefficient (Wildman–Crippen LogP) is 1.45. The van der Waals surface area contributed by atoms with E-state index in [9.17, 15) is 4.79 Å². The van der Waals surface area contributed by atoms with Gasteiger partial charge in [-0.2, -0.15) is 0 Å². The fraction of sp³-hybridized carbons (Fsp3) is 0.400. The molecule has 2 rings (SSSR count). The number of rotatable bonds is 5. The molecule has 102 valence electrons. The van der Waals surface area contributed by atoms with Crippen molar-refractivity contribution < 1.29 is 9.90 Å². The lowest BCUT2D eigenvalue weighted by atomic mass is 10.2. The van der Waals surface area contributed by atoms with Crippen LogP contribution >= 0.6 is 0 Å². The van der Waals surface area contributed by atoms with Gasteiger partial charge in [0.15, 0.2) is 0 Å². The third kappa shape index (κ3) is 4.19. The van der Waals surface area contributed by atoms with Crippen LogP contribution in [0.1, 0.15) is 5.56 Å². The van der Waals surface area contributed by atoms with Crippen molar-refractivity contribution in [3.8, 4) is 0 Å². The Labute approximate surface area is 113 Å². The lowest BCUT2D eigenvalue weighted by Gasteiger charge is -2.34. The summed E-state index contributed by atoms with van der Waals surface area (Å²) in [6, 6.07) is 10.4. The largest absolute Gasteiger partial charge is 0.478 e. The molecular formula is C15H20N2O2. The highest BCUT2D eigenvalue weighted by molar-refractivity contribution is 5.86. The maximum absolute atomic E-state index is 10.7. The van der Waals surface area contributed by atoms with Gasteiger partial charge in [-0.25, -0.2) is 4.79 Å². The topological polar surface area (TPSA) is 43.8 Å². The van der Waals surface area contributed by atoms with Crippen molar-refractivity contribution in [2.24, 2.45) is 0 Å². The highest BCUT2D eigenvalue weighted by Crippen LogP contribution is 2.09. The van der Waals surface area contributed by atoms with Crippen LogP contribution in [0.3, 0.4) is 0 Å². The highest BCUT2D eigenvalue weighted by atomic mass is 16.4. The summed E-state index contributed by atoms with van der Waals surface area (Å²) in [5, 5.41) is 8.82. The Kier molecular flexibility index (Phi) is 4.71. The number of carboxylic acid groups (broad SMARTS) is 1. The summed E-state index contributed by atoms with van der Waals surface area (Å²) in [4.78, 5) is 15.3. The Morgan fingerprint density at radius 2 is 1.68 bits per heavy atom. The Morgan fingerprint density at radius 1 is 1.11 bits per heavy atom. The van der Waals surface area contributed by atoms with Gasteiger partial charge in [0.25, 0.3) is 0 Å². The molecule has 1 aliphatic heterocycles. The normalized spacial score (nSPS) is 17.3. The molecule has 0 atom stereocenters.